The number of unbranched alkanes of at least 4 members (excludes halogenated alkanes) is 3. The number of allylic oxidation sites excluding steroid dienone is 3. The van der Waals surface area contributed by atoms with Crippen LogP contribution in [0.3, 0.4) is 0 Å². The number of hydrogen-bond donors (Lipinski definition) is 2. The van der Waals surface area contributed by atoms with Gasteiger partial charge >= 0.3 is 5.97 Å². The van der Waals surface area contributed by atoms with Crippen LogP contribution in [-0.4, -0.2) is 41.3 Å². The van der Waals surface area contributed by atoms with Crippen molar-refractivity contribution < 1.29 is 24.5 Å². The summed E-state index contributed by atoms with van der Waals surface area (Å²) in [6, 6.07) is 0. The molecular formula is C21H34O5. The average Bonchev–Trinajstić information content (AvgIpc) is 3.00. The van der Waals surface area contributed by atoms with Gasteiger partial charge in [0.15, 0.2) is 6.29 Å². The summed E-state index contributed by atoms with van der Waals surface area (Å²) in [5, 5.41) is 18.8. The fourth-order valence-corrected chi connectivity index (χ4v) is 3.76. The topological polar surface area (TPSA) is 76.0 Å². The summed E-state index contributed by atoms with van der Waals surface area (Å²) in [5.41, 5.74) is 0. The molecule has 5 atom stereocenters. The highest BCUT2D eigenvalue weighted by Crippen LogP contribution is 2.39. The lowest BCUT2D eigenvalue weighted by molar-refractivity contribution is -0.137. The Kier molecular flexibility index (Phi) is 9.37. The quantitative estimate of drug-likeness (QED) is 0.402. The van der Waals surface area contributed by atoms with E-state index in [1.54, 1.807) is 0 Å². The number of aliphatic hydroxyl groups excluding tert-OH is 1. The second-order valence-corrected chi connectivity index (χ2v) is 7.44. The van der Waals surface area contributed by atoms with Crippen molar-refractivity contribution in [2.24, 2.45) is 11.8 Å². The normalized spacial score (nSPS) is 29.6. The number of aliphatic carboxylic acids is 1. The van der Waals surface area contributed by atoms with Crippen LogP contribution >= 0.6 is 0 Å². The van der Waals surface area contributed by atoms with Crippen molar-refractivity contribution in [1.29, 1.82) is 0 Å². The summed E-state index contributed by atoms with van der Waals surface area (Å²) in [6.07, 6.45) is 15.6. The summed E-state index contributed by atoms with van der Waals surface area (Å²) >= 11 is 0. The minimum atomic E-state index is -0.740. The third-order valence-corrected chi connectivity index (χ3v) is 5.29. The predicted octanol–water partition coefficient (Wildman–Crippen LogP) is 4.06. The van der Waals surface area contributed by atoms with Gasteiger partial charge in [0.2, 0.25) is 0 Å². The van der Waals surface area contributed by atoms with Gasteiger partial charge < -0.3 is 19.7 Å². The summed E-state index contributed by atoms with van der Waals surface area (Å²) in [6.45, 7) is 2.81. The molecule has 5 nitrogen and oxygen atoms in total. The number of carboxylic acids is 1. The van der Waals surface area contributed by atoms with Gasteiger partial charge in [-0.3, -0.25) is 4.79 Å². The Labute approximate surface area is 157 Å². The number of carboxylic acid groups (broad SMARTS) is 1. The van der Waals surface area contributed by atoms with E-state index >= 15 is 0 Å². The Morgan fingerprint density at radius 3 is 2.88 bits per heavy atom. The molecule has 2 rings (SSSR count). The van der Waals surface area contributed by atoms with Crippen LogP contribution in [0.2, 0.25) is 0 Å². The molecule has 2 aliphatic rings. The Balaban J connectivity index is 1.82. The highest BCUT2D eigenvalue weighted by Gasteiger charge is 2.42. The van der Waals surface area contributed by atoms with E-state index in [9.17, 15) is 9.90 Å². The molecule has 2 heterocycles. The lowest BCUT2D eigenvalue weighted by atomic mass is 9.81. The molecule has 0 aromatic heterocycles. The third-order valence-electron chi connectivity index (χ3n) is 5.29. The second-order valence-electron chi connectivity index (χ2n) is 7.44. The SMILES string of the molecule is CCCCC[C@H](O)/C=C/C1C[C@H]2OC[C@H](O2)[C@@H]1C/C=C\CCCC(=O)O. The smallest absolute Gasteiger partial charge is 0.303 e. The molecule has 2 fully saturated rings. The van der Waals surface area contributed by atoms with Gasteiger partial charge in [-0.15, -0.1) is 0 Å². The molecule has 148 valence electrons. The van der Waals surface area contributed by atoms with E-state index in [0.29, 0.717) is 24.9 Å². The summed E-state index contributed by atoms with van der Waals surface area (Å²) in [7, 11) is 0. The molecule has 0 spiro atoms. The molecule has 0 saturated carbocycles. The van der Waals surface area contributed by atoms with E-state index < -0.39 is 5.97 Å². The Morgan fingerprint density at radius 1 is 1.27 bits per heavy atom. The lowest BCUT2D eigenvalue weighted by Gasteiger charge is -2.33. The first-order valence-electron chi connectivity index (χ1n) is 10.1. The molecule has 2 bridgehead atoms. The highest BCUT2D eigenvalue weighted by atomic mass is 16.7. The zero-order valence-electron chi connectivity index (χ0n) is 15.9. The number of fused-ring (bicyclic) bond motifs is 2. The van der Waals surface area contributed by atoms with Crippen LogP contribution in [0.1, 0.15) is 64.7 Å². The van der Waals surface area contributed by atoms with Crippen LogP contribution < -0.4 is 0 Å². The van der Waals surface area contributed by atoms with Crippen molar-refractivity contribution in [1.82, 2.24) is 0 Å². The first-order chi connectivity index (χ1) is 12.6. The zero-order valence-corrected chi connectivity index (χ0v) is 15.9. The van der Waals surface area contributed by atoms with Gasteiger partial charge in [0.1, 0.15) is 0 Å². The van der Waals surface area contributed by atoms with Crippen molar-refractivity contribution in [2.45, 2.75) is 83.2 Å². The molecule has 2 saturated heterocycles. The number of rotatable bonds is 12. The van der Waals surface area contributed by atoms with E-state index in [2.05, 4.69) is 25.2 Å². The second kappa shape index (κ2) is 11.5. The fourth-order valence-electron chi connectivity index (χ4n) is 3.76. The Hall–Kier alpha value is -1.17. The van der Waals surface area contributed by atoms with Crippen LogP contribution in [0.4, 0.5) is 0 Å². The van der Waals surface area contributed by atoms with Crippen LogP contribution in [-0.2, 0) is 14.3 Å². The Bertz CT molecular complexity index is 473. The monoisotopic (exact) mass is 366 g/mol. The number of carbonyl (C=O) groups is 1. The molecule has 0 aromatic rings. The maximum Gasteiger partial charge on any atom is 0.303 e. The molecule has 2 N–H and O–H groups in total. The number of aliphatic hydroxyl groups is 1. The minimum Gasteiger partial charge on any atom is -0.481 e. The largest absolute Gasteiger partial charge is 0.481 e. The van der Waals surface area contributed by atoms with Gasteiger partial charge in [0.05, 0.1) is 18.8 Å². The maximum atomic E-state index is 10.5. The molecule has 5 heteroatoms. The van der Waals surface area contributed by atoms with Gasteiger partial charge in [0.25, 0.3) is 0 Å². The van der Waals surface area contributed by atoms with Gasteiger partial charge in [-0.1, -0.05) is 50.5 Å². The van der Waals surface area contributed by atoms with Crippen molar-refractivity contribution in [3.8, 4) is 0 Å². The Morgan fingerprint density at radius 2 is 2.12 bits per heavy atom. The van der Waals surface area contributed by atoms with E-state index in [1.165, 1.54) is 0 Å². The van der Waals surface area contributed by atoms with Crippen molar-refractivity contribution in [2.75, 3.05) is 6.61 Å². The summed E-state index contributed by atoms with van der Waals surface area (Å²) in [4.78, 5) is 10.5. The van der Waals surface area contributed by atoms with Crippen molar-refractivity contribution in [3.05, 3.63) is 24.3 Å². The lowest BCUT2D eigenvalue weighted by Crippen LogP contribution is -2.35. The minimum absolute atomic E-state index is 0.109. The van der Waals surface area contributed by atoms with Gasteiger partial charge in [-0.25, -0.2) is 0 Å². The van der Waals surface area contributed by atoms with Gasteiger partial charge in [-0.05, 0) is 37.5 Å². The van der Waals surface area contributed by atoms with Crippen LogP contribution in [0, 0.1) is 11.8 Å². The fraction of sp³-hybridized carbons (Fsp3) is 0.762. The molecular weight excluding hydrogens is 332 g/mol. The molecule has 0 amide bonds. The van der Waals surface area contributed by atoms with E-state index in [0.717, 1.165) is 44.9 Å². The highest BCUT2D eigenvalue weighted by molar-refractivity contribution is 5.66. The maximum absolute atomic E-state index is 10.5. The summed E-state index contributed by atoms with van der Waals surface area (Å²) < 4.78 is 11.6. The standard InChI is InChI=1S/C21H34O5/c1-2-3-6-9-17(22)13-12-16-14-21-25-15-19(26-21)18(16)10-7-4-5-8-11-20(23)24/h4,7,12-13,16-19,21-22H,2-3,5-6,8-11,14-15H2,1H3,(H,23,24)/b7-4-,13-12+/t16?,17-,18+,19-,21-/m0/s1. The van der Waals surface area contributed by atoms with Gasteiger partial charge in [-0.2, -0.15) is 0 Å². The first kappa shape index (κ1) is 21.1. The zero-order chi connectivity index (χ0) is 18.8. The van der Waals surface area contributed by atoms with Crippen molar-refractivity contribution >= 4 is 5.97 Å². The van der Waals surface area contributed by atoms with Crippen molar-refractivity contribution in [3.63, 3.8) is 0 Å². The molecule has 2 aliphatic heterocycles. The van der Waals surface area contributed by atoms with Crippen LogP contribution in [0.25, 0.3) is 0 Å². The average molecular weight is 366 g/mol. The molecule has 26 heavy (non-hydrogen) atoms. The number of hydrogen-bond acceptors (Lipinski definition) is 4. The van der Waals surface area contributed by atoms with E-state index in [-0.39, 0.29) is 24.9 Å². The van der Waals surface area contributed by atoms with Crippen LogP contribution in [0.5, 0.6) is 0 Å². The first-order valence-corrected chi connectivity index (χ1v) is 10.1. The third kappa shape index (κ3) is 7.22. The molecule has 0 aliphatic carbocycles. The van der Waals surface area contributed by atoms with E-state index in [1.807, 2.05) is 6.08 Å². The molecule has 0 radical (unpaired) electrons. The van der Waals surface area contributed by atoms with E-state index in [4.69, 9.17) is 14.6 Å². The predicted molar refractivity (Wildman–Crippen MR) is 101 cm³/mol. The summed E-state index contributed by atoms with van der Waals surface area (Å²) in [5.74, 6) is -0.0368. The van der Waals surface area contributed by atoms with Gasteiger partial charge in [0, 0.05) is 12.8 Å². The number of ether oxygens (including phenoxy) is 2. The molecule has 0 aromatic carbocycles. The molecule has 1 unspecified atom stereocenters. The van der Waals surface area contributed by atoms with Crippen LogP contribution in [0.15, 0.2) is 24.3 Å².